The van der Waals surface area contributed by atoms with Gasteiger partial charge in [-0.05, 0) is 37.6 Å². The van der Waals surface area contributed by atoms with Crippen molar-refractivity contribution in [1.29, 1.82) is 0 Å². The van der Waals surface area contributed by atoms with E-state index in [9.17, 15) is 0 Å². The van der Waals surface area contributed by atoms with E-state index in [4.69, 9.17) is 0 Å². The van der Waals surface area contributed by atoms with E-state index in [2.05, 4.69) is 5.32 Å². The van der Waals surface area contributed by atoms with E-state index in [1.54, 1.807) is 5.92 Å². The summed E-state index contributed by atoms with van der Waals surface area (Å²) in [5.41, 5.74) is 0. The molecular weight excluding hydrogens is 98.1 g/mol. The second-order valence-electron chi connectivity index (χ2n) is 2.86. The molecule has 2 fully saturated rings. The number of fused-ring (bicyclic) bond motifs is 1. The molecule has 1 unspecified atom stereocenters. The summed E-state index contributed by atoms with van der Waals surface area (Å²) in [6.07, 6.45) is 4.31. The highest BCUT2D eigenvalue weighted by atomic mass is 14.9. The van der Waals surface area contributed by atoms with Crippen LogP contribution in [0.15, 0.2) is 0 Å². The molecule has 1 aliphatic carbocycles. The van der Waals surface area contributed by atoms with Crippen LogP contribution in [0.4, 0.5) is 0 Å². The smallest absolute Gasteiger partial charge is 0.00164 e. The summed E-state index contributed by atoms with van der Waals surface area (Å²) >= 11 is 0. The maximum atomic E-state index is 3.38. The van der Waals surface area contributed by atoms with Crippen molar-refractivity contribution in [3.63, 3.8) is 0 Å². The molecule has 1 heterocycles. The summed E-state index contributed by atoms with van der Waals surface area (Å²) < 4.78 is 0. The van der Waals surface area contributed by atoms with Gasteiger partial charge in [-0.25, -0.2) is 0 Å². The zero-order chi connectivity index (χ0) is 5.40. The molecule has 2 rings (SSSR count). The third-order valence-corrected chi connectivity index (χ3v) is 2.41. The lowest BCUT2D eigenvalue weighted by Crippen LogP contribution is -2.40. The second-order valence-corrected chi connectivity index (χ2v) is 2.86. The van der Waals surface area contributed by atoms with Gasteiger partial charge in [0, 0.05) is 6.54 Å². The van der Waals surface area contributed by atoms with Crippen LogP contribution in [0.5, 0.6) is 0 Å². The lowest BCUT2D eigenvalue weighted by atomic mass is 9.70. The van der Waals surface area contributed by atoms with E-state index >= 15 is 0 Å². The van der Waals surface area contributed by atoms with Gasteiger partial charge in [0.15, 0.2) is 0 Å². The fourth-order valence-corrected chi connectivity index (χ4v) is 1.66. The molecule has 1 radical (unpaired) electrons. The molecule has 1 atom stereocenters. The van der Waals surface area contributed by atoms with Crippen molar-refractivity contribution in [1.82, 2.24) is 5.32 Å². The first kappa shape index (κ1) is 4.80. The van der Waals surface area contributed by atoms with Crippen LogP contribution in [0, 0.1) is 11.8 Å². The summed E-state index contributed by atoms with van der Waals surface area (Å²) in [5.74, 6) is 2.83. The van der Waals surface area contributed by atoms with Crippen LogP contribution in [0.2, 0.25) is 0 Å². The Morgan fingerprint density at radius 2 is 2.38 bits per heavy atom. The molecule has 45 valence electrons. The van der Waals surface area contributed by atoms with Crippen molar-refractivity contribution in [2.24, 2.45) is 5.92 Å². The van der Waals surface area contributed by atoms with Crippen LogP contribution in [0.3, 0.4) is 0 Å². The largest absolute Gasteiger partial charge is 0.316 e. The molecule has 1 N–H and O–H groups in total. The van der Waals surface area contributed by atoms with Gasteiger partial charge in [0.05, 0.1) is 0 Å². The molecule has 8 heavy (non-hydrogen) atoms. The van der Waals surface area contributed by atoms with E-state index in [1.165, 1.54) is 32.4 Å². The standard InChI is InChI=1S/C7H12N/c1-2-7-5-8-4-3-6(1)7/h6,8H,1-5H2. The van der Waals surface area contributed by atoms with Gasteiger partial charge in [-0.15, -0.1) is 0 Å². The lowest BCUT2D eigenvalue weighted by molar-refractivity contribution is 0.282. The summed E-state index contributed by atoms with van der Waals surface area (Å²) in [4.78, 5) is 0. The Morgan fingerprint density at radius 1 is 1.38 bits per heavy atom. The molecule has 0 amide bonds. The fourth-order valence-electron chi connectivity index (χ4n) is 1.66. The minimum Gasteiger partial charge on any atom is -0.316 e. The molecular formula is C7H12N. The topological polar surface area (TPSA) is 12.0 Å². The van der Waals surface area contributed by atoms with Gasteiger partial charge in [-0.3, -0.25) is 0 Å². The maximum absolute atomic E-state index is 3.38. The average molecular weight is 110 g/mol. The molecule has 1 nitrogen and oxygen atoms in total. The quantitative estimate of drug-likeness (QED) is 0.490. The van der Waals surface area contributed by atoms with E-state index in [0.717, 1.165) is 5.92 Å². The molecule has 0 bridgehead atoms. The molecule has 0 aromatic rings. The van der Waals surface area contributed by atoms with E-state index in [-0.39, 0.29) is 0 Å². The number of nitrogens with one attached hydrogen (secondary N) is 1. The van der Waals surface area contributed by atoms with Crippen molar-refractivity contribution in [2.75, 3.05) is 13.1 Å². The Bertz CT molecular complexity index is 78.4. The maximum Gasteiger partial charge on any atom is 0.00164 e. The third-order valence-electron chi connectivity index (χ3n) is 2.41. The molecule has 0 aromatic heterocycles. The van der Waals surface area contributed by atoms with Crippen molar-refractivity contribution in [3.8, 4) is 0 Å². The summed E-state index contributed by atoms with van der Waals surface area (Å²) in [6.45, 7) is 2.48. The van der Waals surface area contributed by atoms with Crippen molar-refractivity contribution in [2.45, 2.75) is 19.3 Å². The normalized spacial score (nSPS) is 38.2. The van der Waals surface area contributed by atoms with Crippen LogP contribution in [-0.2, 0) is 0 Å². The highest BCUT2D eigenvalue weighted by Gasteiger charge is 2.32. The van der Waals surface area contributed by atoms with E-state index in [0.29, 0.717) is 0 Å². The van der Waals surface area contributed by atoms with Crippen LogP contribution in [0.25, 0.3) is 0 Å². The fraction of sp³-hybridized carbons (Fsp3) is 0.857. The van der Waals surface area contributed by atoms with Gasteiger partial charge < -0.3 is 5.32 Å². The zero-order valence-electron chi connectivity index (χ0n) is 5.11. The van der Waals surface area contributed by atoms with Gasteiger partial charge in [-0.1, -0.05) is 0 Å². The van der Waals surface area contributed by atoms with Crippen molar-refractivity contribution >= 4 is 0 Å². The average Bonchev–Trinajstić information content (AvgIpc) is 1.72. The minimum atomic E-state index is 1.04. The van der Waals surface area contributed by atoms with Crippen LogP contribution in [-0.4, -0.2) is 13.1 Å². The molecule has 1 aliphatic heterocycles. The van der Waals surface area contributed by atoms with Crippen molar-refractivity contribution < 1.29 is 0 Å². The second kappa shape index (κ2) is 1.73. The highest BCUT2D eigenvalue weighted by Crippen LogP contribution is 2.39. The first-order chi connectivity index (χ1) is 3.97. The predicted molar refractivity (Wildman–Crippen MR) is 33.5 cm³/mol. The predicted octanol–water partition coefficient (Wildman–Crippen LogP) is 0.964. The first-order valence-electron chi connectivity index (χ1n) is 3.52. The van der Waals surface area contributed by atoms with E-state index in [1.807, 2.05) is 0 Å². The van der Waals surface area contributed by atoms with Gasteiger partial charge in [0.2, 0.25) is 0 Å². The number of piperidine rings is 1. The SMILES string of the molecule is C1CC2CC[C]2CN1. The summed E-state index contributed by atoms with van der Waals surface area (Å²) in [5, 5.41) is 3.38. The van der Waals surface area contributed by atoms with Gasteiger partial charge in [-0.2, -0.15) is 0 Å². The molecule has 0 aromatic carbocycles. The Kier molecular flexibility index (Phi) is 1.04. The van der Waals surface area contributed by atoms with Gasteiger partial charge >= 0.3 is 0 Å². The Balaban J connectivity index is 1.92. The zero-order valence-corrected chi connectivity index (χ0v) is 5.11. The number of hydrogen-bond acceptors (Lipinski definition) is 1. The molecule has 1 heteroatoms. The molecule has 1 saturated carbocycles. The minimum absolute atomic E-state index is 1.04. The Morgan fingerprint density at radius 3 is 2.75 bits per heavy atom. The van der Waals surface area contributed by atoms with Gasteiger partial charge in [0.1, 0.15) is 0 Å². The van der Waals surface area contributed by atoms with Crippen LogP contribution >= 0.6 is 0 Å². The molecule has 0 spiro atoms. The highest BCUT2D eigenvalue weighted by molar-refractivity contribution is 5.09. The molecule has 2 aliphatic rings. The number of rotatable bonds is 0. The summed E-state index contributed by atoms with van der Waals surface area (Å²) in [7, 11) is 0. The Labute approximate surface area is 50.5 Å². The number of hydrogen-bond donors (Lipinski definition) is 1. The lowest BCUT2D eigenvalue weighted by Gasteiger charge is -2.40. The van der Waals surface area contributed by atoms with Gasteiger partial charge in [0.25, 0.3) is 0 Å². The van der Waals surface area contributed by atoms with Crippen molar-refractivity contribution in [3.05, 3.63) is 5.92 Å². The first-order valence-corrected chi connectivity index (χ1v) is 3.52. The molecule has 1 saturated heterocycles. The monoisotopic (exact) mass is 110 g/mol. The van der Waals surface area contributed by atoms with E-state index < -0.39 is 0 Å². The third kappa shape index (κ3) is 0.576. The summed E-state index contributed by atoms with van der Waals surface area (Å²) in [6, 6.07) is 0. The van der Waals surface area contributed by atoms with Crippen LogP contribution in [0.1, 0.15) is 19.3 Å². The Hall–Kier alpha value is -0.0400. The van der Waals surface area contributed by atoms with Crippen LogP contribution < -0.4 is 5.32 Å².